The van der Waals surface area contributed by atoms with Gasteiger partial charge in [0.15, 0.2) is 0 Å². The molecule has 1 aliphatic carbocycles. The lowest BCUT2D eigenvalue weighted by Gasteiger charge is -2.12. The number of hydrogen-bond acceptors (Lipinski definition) is 2. The minimum atomic E-state index is -0.00694. The zero-order valence-corrected chi connectivity index (χ0v) is 12.5. The predicted molar refractivity (Wildman–Crippen MR) is 79.1 cm³/mol. The lowest BCUT2D eigenvalue weighted by atomic mass is 10.2. The molecule has 3 rings (SSSR count). The first-order valence-electron chi connectivity index (χ1n) is 7.24. The van der Waals surface area contributed by atoms with Crippen LogP contribution >= 0.6 is 0 Å². The molecule has 0 saturated heterocycles. The average molecular weight is 271 g/mol. The quantitative estimate of drug-likeness (QED) is 0.933. The maximum Gasteiger partial charge on any atom is 0.255 e. The van der Waals surface area contributed by atoms with Gasteiger partial charge in [0, 0.05) is 23.1 Å². The molecule has 106 valence electrons. The van der Waals surface area contributed by atoms with Crippen LogP contribution in [0.4, 0.5) is 0 Å². The highest BCUT2D eigenvalue weighted by Gasteiger charge is 2.29. The Morgan fingerprint density at radius 2 is 1.95 bits per heavy atom. The summed E-state index contributed by atoms with van der Waals surface area (Å²) in [4.78, 5) is 17.0. The van der Waals surface area contributed by atoms with Crippen LogP contribution in [0.25, 0.3) is 5.65 Å². The molecule has 1 saturated carbocycles. The molecule has 0 spiro atoms. The molecule has 1 atom stereocenters. The molecule has 0 radical (unpaired) electrons. The Morgan fingerprint density at radius 3 is 2.60 bits per heavy atom. The van der Waals surface area contributed by atoms with Crippen molar-refractivity contribution in [3.05, 3.63) is 34.8 Å². The Labute approximate surface area is 119 Å². The van der Waals surface area contributed by atoms with Crippen molar-refractivity contribution < 1.29 is 4.79 Å². The second-order valence-corrected chi connectivity index (χ2v) is 6.00. The smallest absolute Gasteiger partial charge is 0.255 e. The molecular weight excluding hydrogens is 250 g/mol. The number of fused-ring (bicyclic) bond motifs is 1. The van der Waals surface area contributed by atoms with Gasteiger partial charge >= 0.3 is 0 Å². The zero-order chi connectivity index (χ0) is 14.4. The third-order valence-corrected chi connectivity index (χ3v) is 4.14. The van der Waals surface area contributed by atoms with Crippen molar-refractivity contribution in [2.24, 2.45) is 5.92 Å². The molecule has 1 fully saturated rings. The molecule has 1 N–H and O–H groups in total. The summed E-state index contributed by atoms with van der Waals surface area (Å²) in [6.07, 6.45) is 2.46. The van der Waals surface area contributed by atoms with E-state index in [-0.39, 0.29) is 11.9 Å². The van der Waals surface area contributed by atoms with E-state index < -0.39 is 0 Å². The van der Waals surface area contributed by atoms with Gasteiger partial charge < -0.3 is 9.72 Å². The maximum atomic E-state index is 12.5. The molecule has 20 heavy (non-hydrogen) atoms. The fourth-order valence-electron chi connectivity index (χ4n) is 2.91. The summed E-state index contributed by atoms with van der Waals surface area (Å²) in [7, 11) is 0. The van der Waals surface area contributed by atoms with Crippen LogP contribution in [0.5, 0.6) is 0 Å². The van der Waals surface area contributed by atoms with Crippen LogP contribution in [0.2, 0.25) is 0 Å². The number of carbonyl (C=O) groups excluding carboxylic acids is 1. The molecule has 0 aliphatic heterocycles. The molecule has 2 aromatic heterocycles. The Morgan fingerprint density at radius 1 is 1.30 bits per heavy atom. The predicted octanol–water partition coefficient (Wildman–Crippen LogP) is 2.79. The summed E-state index contributed by atoms with van der Waals surface area (Å²) < 4.78 is 2.05. The van der Waals surface area contributed by atoms with Gasteiger partial charge in [-0.25, -0.2) is 4.98 Å². The Hall–Kier alpha value is -1.84. The van der Waals surface area contributed by atoms with E-state index >= 15 is 0 Å². The summed E-state index contributed by atoms with van der Waals surface area (Å²) in [5, 5.41) is 3.11. The summed E-state index contributed by atoms with van der Waals surface area (Å²) in [5.74, 6) is 0.651. The number of nitrogens with one attached hydrogen (secondary N) is 1. The van der Waals surface area contributed by atoms with Crippen LogP contribution < -0.4 is 5.32 Å². The zero-order valence-electron chi connectivity index (χ0n) is 12.5. The second-order valence-electron chi connectivity index (χ2n) is 6.00. The number of aryl methyl sites for hydroxylation is 3. The third-order valence-electron chi connectivity index (χ3n) is 4.14. The van der Waals surface area contributed by atoms with Gasteiger partial charge in [0.1, 0.15) is 5.65 Å². The molecular formula is C16H21N3O. The lowest BCUT2D eigenvalue weighted by molar-refractivity contribution is 0.0937. The van der Waals surface area contributed by atoms with Crippen molar-refractivity contribution in [2.75, 3.05) is 0 Å². The van der Waals surface area contributed by atoms with Crippen molar-refractivity contribution in [1.29, 1.82) is 0 Å². The molecule has 1 amide bonds. The van der Waals surface area contributed by atoms with Crippen molar-refractivity contribution >= 4 is 11.6 Å². The Balaban J connectivity index is 2.00. The van der Waals surface area contributed by atoms with E-state index in [4.69, 9.17) is 0 Å². The first kappa shape index (κ1) is 13.2. The fraction of sp³-hybridized carbons (Fsp3) is 0.500. The van der Waals surface area contributed by atoms with Crippen LogP contribution in [0.3, 0.4) is 0 Å². The molecule has 4 nitrogen and oxygen atoms in total. The van der Waals surface area contributed by atoms with Gasteiger partial charge in [-0.3, -0.25) is 4.79 Å². The normalized spacial score (nSPS) is 16.4. The second kappa shape index (κ2) is 4.62. The van der Waals surface area contributed by atoms with E-state index in [1.54, 1.807) is 0 Å². The van der Waals surface area contributed by atoms with Gasteiger partial charge in [0.25, 0.3) is 5.91 Å². The van der Waals surface area contributed by atoms with Crippen molar-refractivity contribution in [1.82, 2.24) is 14.7 Å². The average Bonchev–Trinajstić information content (AvgIpc) is 3.14. The van der Waals surface area contributed by atoms with E-state index in [9.17, 15) is 4.79 Å². The lowest BCUT2D eigenvalue weighted by Crippen LogP contribution is -2.34. The van der Waals surface area contributed by atoms with E-state index in [0.29, 0.717) is 11.5 Å². The van der Waals surface area contributed by atoms with Crippen LogP contribution in [-0.2, 0) is 0 Å². The molecule has 1 unspecified atom stereocenters. The number of nitrogens with zero attached hydrogens (tertiary/aromatic N) is 2. The number of aromatic nitrogens is 2. The van der Waals surface area contributed by atoms with Crippen LogP contribution in [0, 0.1) is 26.7 Å². The van der Waals surface area contributed by atoms with E-state index in [2.05, 4.69) is 17.2 Å². The minimum absolute atomic E-state index is 0.00694. The monoisotopic (exact) mass is 271 g/mol. The van der Waals surface area contributed by atoms with Crippen molar-refractivity contribution in [3.8, 4) is 0 Å². The molecule has 1 aliphatic rings. The SMILES string of the molecule is Cc1cc(C)n2c(C)cc(C(=O)NC(C)C3CC3)c2n1. The highest BCUT2D eigenvalue weighted by Crippen LogP contribution is 2.32. The van der Waals surface area contributed by atoms with Crippen LogP contribution in [0.15, 0.2) is 12.1 Å². The summed E-state index contributed by atoms with van der Waals surface area (Å²) >= 11 is 0. The van der Waals surface area contributed by atoms with Gasteiger partial charge in [0.2, 0.25) is 0 Å². The number of hydrogen-bond donors (Lipinski definition) is 1. The minimum Gasteiger partial charge on any atom is -0.349 e. The van der Waals surface area contributed by atoms with E-state index in [1.165, 1.54) is 12.8 Å². The standard InChI is InChI=1S/C16H21N3O/c1-9-7-10(2)19-11(3)8-14(15(19)17-9)16(20)18-12(4)13-5-6-13/h7-8,12-13H,5-6H2,1-4H3,(H,18,20). The topological polar surface area (TPSA) is 46.4 Å². The van der Waals surface area contributed by atoms with E-state index in [0.717, 1.165) is 22.7 Å². The fourth-order valence-corrected chi connectivity index (χ4v) is 2.91. The molecule has 4 heteroatoms. The number of carbonyl (C=O) groups is 1. The maximum absolute atomic E-state index is 12.5. The Bertz CT molecular complexity index is 683. The van der Waals surface area contributed by atoms with Gasteiger partial charge in [-0.15, -0.1) is 0 Å². The first-order chi connectivity index (χ1) is 9.47. The molecule has 2 aromatic rings. The number of rotatable bonds is 3. The first-order valence-corrected chi connectivity index (χ1v) is 7.24. The summed E-state index contributed by atoms with van der Waals surface area (Å²) in [6, 6.07) is 4.22. The molecule has 2 heterocycles. The Kier molecular flexibility index (Phi) is 3.04. The van der Waals surface area contributed by atoms with Gasteiger partial charge in [0.05, 0.1) is 5.56 Å². The summed E-state index contributed by atoms with van der Waals surface area (Å²) in [5.41, 5.74) is 4.55. The van der Waals surface area contributed by atoms with Gasteiger partial charge in [-0.05, 0) is 58.6 Å². The van der Waals surface area contributed by atoms with Crippen LogP contribution in [0.1, 0.15) is 47.2 Å². The number of amides is 1. The van der Waals surface area contributed by atoms with Crippen LogP contribution in [-0.4, -0.2) is 21.3 Å². The highest BCUT2D eigenvalue weighted by molar-refractivity contribution is 6.00. The highest BCUT2D eigenvalue weighted by atomic mass is 16.1. The molecule has 0 aromatic carbocycles. The van der Waals surface area contributed by atoms with Crippen molar-refractivity contribution in [2.45, 2.75) is 46.6 Å². The van der Waals surface area contributed by atoms with Gasteiger partial charge in [-0.1, -0.05) is 0 Å². The molecule has 0 bridgehead atoms. The third kappa shape index (κ3) is 2.19. The van der Waals surface area contributed by atoms with Gasteiger partial charge in [-0.2, -0.15) is 0 Å². The summed E-state index contributed by atoms with van der Waals surface area (Å²) in [6.45, 7) is 8.11. The van der Waals surface area contributed by atoms with Crippen molar-refractivity contribution in [3.63, 3.8) is 0 Å². The van der Waals surface area contributed by atoms with E-state index in [1.807, 2.05) is 37.3 Å². The largest absolute Gasteiger partial charge is 0.349 e.